The topological polar surface area (TPSA) is 55.8 Å². The summed E-state index contributed by atoms with van der Waals surface area (Å²) < 4.78 is 11.1. The van der Waals surface area contributed by atoms with Crippen LogP contribution >= 0.6 is 0 Å². The van der Waals surface area contributed by atoms with Crippen LogP contribution in [-0.2, 0) is 14.3 Å². The Morgan fingerprint density at radius 3 is 1.33 bits per heavy atom. The van der Waals surface area contributed by atoms with Crippen LogP contribution in [-0.4, -0.2) is 37.0 Å². The van der Waals surface area contributed by atoms with Crippen molar-refractivity contribution < 1.29 is 19.4 Å². The Morgan fingerprint density at radius 2 is 0.875 bits per heavy atom. The van der Waals surface area contributed by atoms with E-state index >= 15 is 0 Å². The highest BCUT2D eigenvalue weighted by Crippen LogP contribution is 2.13. The Kier molecular flexibility index (Phi) is 40.1. The van der Waals surface area contributed by atoms with Crippen LogP contribution in [0.1, 0.15) is 200 Å². The van der Waals surface area contributed by atoms with Crippen LogP contribution < -0.4 is 0 Å². The van der Waals surface area contributed by atoms with Crippen molar-refractivity contribution in [1.82, 2.24) is 0 Å². The van der Waals surface area contributed by atoms with Crippen molar-refractivity contribution in [3.63, 3.8) is 0 Å². The van der Waals surface area contributed by atoms with Gasteiger partial charge in [-0.3, -0.25) is 4.79 Å². The number of rotatable bonds is 38. The molecule has 0 heterocycles. The maximum atomic E-state index is 12.2. The average Bonchev–Trinajstić information content (AvgIpc) is 3.09. The van der Waals surface area contributed by atoms with E-state index < -0.39 is 6.10 Å². The molecule has 0 aromatic rings. The van der Waals surface area contributed by atoms with Gasteiger partial charge in [0.05, 0.1) is 13.2 Å². The average molecular weight is 673 g/mol. The number of unbranched alkanes of at least 4 members (excludes halogenated alkanes) is 22. The van der Waals surface area contributed by atoms with Gasteiger partial charge in [-0.25, -0.2) is 0 Å². The standard InChI is InChI=1S/C44H80O4/c1-3-5-7-9-11-13-15-17-19-21-22-23-24-26-28-30-32-34-36-38-40-47-42-43(41-45)48-44(46)39-37-35-33-31-29-27-25-20-18-16-14-12-10-8-6-4-2/h11,13-14,16-17,19-20,25,43,45H,3-10,12,15,18,21-24,26-42H2,1-2H3/b13-11-,16-14-,19-17-,25-20-. The summed E-state index contributed by atoms with van der Waals surface area (Å²) in [5.74, 6) is -0.215. The van der Waals surface area contributed by atoms with E-state index in [9.17, 15) is 9.90 Å². The minimum Gasteiger partial charge on any atom is -0.457 e. The molecule has 0 aromatic carbocycles. The van der Waals surface area contributed by atoms with Crippen LogP contribution in [0.3, 0.4) is 0 Å². The molecule has 0 saturated heterocycles. The molecule has 0 aliphatic carbocycles. The molecular weight excluding hydrogens is 592 g/mol. The number of aliphatic hydroxyl groups excluding tert-OH is 1. The van der Waals surface area contributed by atoms with Crippen molar-refractivity contribution in [3.8, 4) is 0 Å². The van der Waals surface area contributed by atoms with Gasteiger partial charge in [0, 0.05) is 13.0 Å². The minimum absolute atomic E-state index is 0.179. The fourth-order valence-electron chi connectivity index (χ4n) is 5.74. The number of hydrogen-bond acceptors (Lipinski definition) is 4. The van der Waals surface area contributed by atoms with Gasteiger partial charge in [-0.05, 0) is 77.0 Å². The Balaban J connectivity index is 3.46. The highest BCUT2D eigenvalue weighted by Gasteiger charge is 2.13. The second-order valence-corrected chi connectivity index (χ2v) is 13.7. The molecule has 1 atom stereocenters. The molecule has 0 saturated carbocycles. The fraction of sp³-hybridized carbons (Fsp3) is 0.795. The summed E-state index contributed by atoms with van der Waals surface area (Å²) in [5.41, 5.74) is 0. The van der Waals surface area contributed by atoms with Crippen LogP contribution in [0.4, 0.5) is 0 Å². The number of carbonyl (C=O) groups is 1. The summed E-state index contributed by atoms with van der Waals surface area (Å²) in [4.78, 5) is 12.2. The van der Waals surface area contributed by atoms with Crippen molar-refractivity contribution >= 4 is 5.97 Å². The van der Waals surface area contributed by atoms with Crippen LogP contribution in [0, 0.1) is 0 Å². The highest BCUT2D eigenvalue weighted by molar-refractivity contribution is 5.69. The van der Waals surface area contributed by atoms with E-state index in [0.29, 0.717) is 13.0 Å². The molecule has 0 rings (SSSR count). The molecule has 0 aliphatic rings. The summed E-state index contributed by atoms with van der Waals surface area (Å²) in [6.45, 7) is 5.29. The van der Waals surface area contributed by atoms with Crippen LogP contribution in [0.5, 0.6) is 0 Å². The molecule has 0 fully saturated rings. The molecule has 0 radical (unpaired) electrons. The Morgan fingerprint density at radius 1 is 0.500 bits per heavy atom. The van der Waals surface area contributed by atoms with Crippen molar-refractivity contribution in [3.05, 3.63) is 48.6 Å². The zero-order valence-corrected chi connectivity index (χ0v) is 32.0. The van der Waals surface area contributed by atoms with Gasteiger partial charge in [0.2, 0.25) is 0 Å². The van der Waals surface area contributed by atoms with Crippen LogP contribution in [0.2, 0.25) is 0 Å². The van der Waals surface area contributed by atoms with Gasteiger partial charge < -0.3 is 14.6 Å². The van der Waals surface area contributed by atoms with Gasteiger partial charge in [-0.1, -0.05) is 165 Å². The molecule has 4 heteroatoms. The summed E-state index contributed by atoms with van der Waals surface area (Å²) in [7, 11) is 0. The zero-order valence-electron chi connectivity index (χ0n) is 32.0. The first-order valence-electron chi connectivity index (χ1n) is 20.7. The third-order valence-electron chi connectivity index (χ3n) is 8.88. The molecule has 0 aromatic heterocycles. The van der Waals surface area contributed by atoms with Gasteiger partial charge in [0.25, 0.3) is 0 Å². The normalized spacial score (nSPS) is 12.8. The predicted octanol–water partition coefficient (Wildman–Crippen LogP) is 13.5. The van der Waals surface area contributed by atoms with Crippen molar-refractivity contribution in [2.24, 2.45) is 0 Å². The lowest BCUT2D eigenvalue weighted by molar-refractivity contribution is -0.154. The largest absolute Gasteiger partial charge is 0.457 e. The third-order valence-corrected chi connectivity index (χ3v) is 8.88. The quantitative estimate of drug-likeness (QED) is 0.0403. The highest BCUT2D eigenvalue weighted by atomic mass is 16.6. The maximum Gasteiger partial charge on any atom is 0.306 e. The molecule has 0 bridgehead atoms. The lowest BCUT2D eigenvalue weighted by atomic mass is 10.1. The number of aliphatic hydroxyl groups is 1. The third kappa shape index (κ3) is 38.8. The first-order valence-corrected chi connectivity index (χ1v) is 20.7. The van der Waals surface area contributed by atoms with E-state index in [1.807, 2.05) is 0 Å². The van der Waals surface area contributed by atoms with E-state index in [1.54, 1.807) is 0 Å². The Labute approximate surface area is 299 Å². The minimum atomic E-state index is -0.543. The lowest BCUT2D eigenvalue weighted by Crippen LogP contribution is -2.27. The maximum absolute atomic E-state index is 12.2. The molecule has 0 amide bonds. The van der Waals surface area contributed by atoms with E-state index in [2.05, 4.69) is 62.5 Å². The molecule has 48 heavy (non-hydrogen) atoms. The van der Waals surface area contributed by atoms with Crippen molar-refractivity contribution in [2.75, 3.05) is 19.8 Å². The first-order chi connectivity index (χ1) is 23.7. The second kappa shape index (κ2) is 41.5. The van der Waals surface area contributed by atoms with Gasteiger partial charge in [-0.15, -0.1) is 0 Å². The van der Waals surface area contributed by atoms with E-state index in [4.69, 9.17) is 9.47 Å². The first kappa shape index (κ1) is 46.4. The molecule has 280 valence electrons. The van der Waals surface area contributed by atoms with Gasteiger partial charge in [0.15, 0.2) is 0 Å². The Hall–Kier alpha value is -1.65. The van der Waals surface area contributed by atoms with Gasteiger partial charge >= 0.3 is 5.97 Å². The number of hydrogen-bond donors (Lipinski definition) is 1. The second-order valence-electron chi connectivity index (χ2n) is 13.7. The predicted molar refractivity (Wildman–Crippen MR) is 210 cm³/mol. The van der Waals surface area contributed by atoms with E-state index in [0.717, 1.165) is 44.9 Å². The number of allylic oxidation sites excluding steroid dienone is 8. The summed E-state index contributed by atoms with van der Waals surface area (Å²) in [6, 6.07) is 0. The van der Waals surface area contributed by atoms with E-state index in [-0.39, 0.29) is 19.2 Å². The lowest BCUT2D eigenvalue weighted by Gasteiger charge is -2.15. The van der Waals surface area contributed by atoms with Crippen LogP contribution in [0.15, 0.2) is 48.6 Å². The molecule has 1 N–H and O–H groups in total. The summed E-state index contributed by atoms with van der Waals surface area (Å²) >= 11 is 0. The smallest absolute Gasteiger partial charge is 0.306 e. The number of ether oxygens (including phenoxy) is 2. The van der Waals surface area contributed by atoms with Gasteiger partial charge in [-0.2, -0.15) is 0 Å². The zero-order chi connectivity index (χ0) is 34.9. The Bertz CT molecular complexity index is 753. The fourth-order valence-corrected chi connectivity index (χ4v) is 5.74. The van der Waals surface area contributed by atoms with Crippen molar-refractivity contribution in [2.45, 2.75) is 206 Å². The monoisotopic (exact) mass is 673 g/mol. The van der Waals surface area contributed by atoms with E-state index in [1.165, 1.54) is 135 Å². The number of carbonyl (C=O) groups excluding carboxylic acids is 1. The summed E-state index contributed by atoms with van der Waals surface area (Å²) in [6.07, 6.45) is 53.0. The van der Waals surface area contributed by atoms with Crippen molar-refractivity contribution in [1.29, 1.82) is 0 Å². The molecule has 1 unspecified atom stereocenters. The van der Waals surface area contributed by atoms with Gasteiger partial charge in [0.1, 0.15) is 6.10 Å². The summed E-state index contributed by atoms with van der Waals surface area (Å²) in [5, 5.41) is 9.59. The molecule has 4 nitrogen and oxygen atoms in total. The van der Waals surface area contributed by atoms with Crippen LogP contribution in [0.25, 0.3) is 0 Å². The molecule has 0 aliphatic heterocycles. The number of esters is 1. The molecular formula is C44H80O4. The molecule has 0 spiro atoms. The SMILES string of the molecule is CCCCC/C=C\C/C=C\CCCCCCCCCCCCOCC(CO)OC(=O)CCCCCCC/C=C\C/C=C\CCCCCC.